The predicted octanol–water partition coefficient (Wildman–Crippen LogP) is 5.15. The van der Waals surface area contributed by atoms with E-state index in [0.717, 1.165) is 16.7 Å². The monoisotopic (exact) mass is 373 g/mol. The zero-order valence-corrected chi connectivity index (χ0v) is 16.2. The largest absolute Gasteiger partial charge is 0.444 e. The summed E-state index contributed by atoms with van der Waals surface area (Å²) >= 11 is 0. The Morgan fingerprint density at radius 2 is 1.54 bits per heavy atom. The van der Waals surface area contributed by atoms with Gasteiger partial charge in [0, 0.05) is 11.3 Å². The van der Waals surface area contributed by atoms with Crippen LogP contribution in [-0.2, 0) is 9.53 Å². The van der Waals surface area contributed by atoms with Gasteiger partial charge < -0.3 is 10.1 Å². The molecule has 3 rings (SSSR count). The fourth-order valence-electron chi connectivity index (χ4n) is 2.92. The number of amides is 1. The molecule has 0 bridgehead atoms. The Labute approximate surface area is 165 Å². The van der Waals surface area contributed by atoms with E-state index in [4.69, 9.17) is 4.74 Å². The summed E-state index contributed by atoms with van der Waals surface area (Å²) < 4.78 is 5.63. The first-order valence-electron chi connectivity index (χ1n) is 9.15. The zero-order chi connectivity index (χ0) is 20.1. The fraction of sp³-hybridized carbons (Fsp3) is 0.167. The van der Waals surface area contributed by atoms with Gasteiger partial charge in [0.05, 0.1) is 5.56 Å². The van der Waals surface area contributed by atoms with Gasteiger partial charge in [-0.05, 0) is 50.1 Å². The maximum Gasteiger partial charge on any atom is 0.339 e. The van der Waals surface area contributed by atoms with Gasteiger partial charge in [-0.2, -0.15) is 0 Å². The maximum atomic E-state index is 13.0. The highest BCUT2D eigenvalue weighted by Gasteiger charge is 2.26. The van der Waals surface area contributed by atoms with Crippen LogP contribution in [0.25, 0.3) is 0 Å². The van der Waals surface area contributed by atoms with Crippen molar-refractivity contribution >= 4 is 17.6 Å². The topological polar surface area (TPSA) is 55.4 Å². The molecule has 4 nitrogen and oxygen atoms in total. The normalized spacial score (nSPS) is 11.5. The van der Waals surface area contributed by atoms with Crippen molar-refractivity contribution in [3.63, 3.8) is 0 Å². The van der Waals surface area contributed by atoms with Crippen molar-refractivity contribution in [2.45, 2.75) is 26.9 Å². The van der Waals surface area contributed by atoms with Gasteiger partial charge in [-0.3, -0.25) is 4.79 Å². The molecule has 28 heavy (non-hydrogen) atoms. The summed E-state index contributed by atoms with van der Waals surface area (Å²) in [4.78, 5) is 25.7. The predicted molar refractivity (Wildman–Crippen MR) is 110 cm³/mol. The molecular formula is C24H23NO3. The van der Waals surface area contributed by atoms with Gasteiger partial charge in [0.2, 0.25) is 6.10 Å². The van der Waals surface area contributed by atoms with Gasteiger partial charge >= 0.3 is 5.97 Å². The van der Waals surface area contributed by atoms with Crippen LogP contribution in [0, 0.1) is 20.8 Å². The van der Waals surface area contributed by atoms with Gasteiger partial charge in [0.1, 0.15) is 0 Å². The van der Waals surface area contributed by atoms with Crippen molar-refractivity contribution in [3.05, 3.63) is 101 Å². The molecular weight excluding hydrogens is 350 g/mol. The van der Waals surface area contributed by atoms with Crippen LogP contribution in [0.1, 0.15) is 38.7 Å². The lowest BCUT2D eigenvalue weighted by molar-refractivity contribution is -0.125. The van der Waals surface area contributed by atoms with Gasteiger partial charge in [0.25, 0.3) is 5.91 Å². The molecule has 4 heteroatoms. The van der Waals surface area contributed by atoms with Crippen LogP contribution < -0.4 is 5.32 Å². The quantitative estimate of drug-likeness (QED) is 0.629. The van der Waals surface area contributed by atoms with E-state index in [2.05, 4.69) is 5.32 Å². The molecule has 0 heterocycles. The number of esters is 1. The molecule has 0 aliphatic carbocycles. The highest BCUT2D eigenvalue weighted by molar-refractivity contribution is 5.98. The second-order valence-corrected chi connectivity index (χ2v) is 6.87. The minimum Gasteiger partial charge on any atom is -0.444 e. The van der Waals surface area contributed by atoms with Crippen molar-refractivity contribution in [1.29, 1.82) is 0 Å². The van der Waals surface area contributed by atoms with Crippen LogP contribution in [0.15, 0.2) is 72.8 Å². The lowest BCUT2D eigenvalue weighted by atomic mass is 10.1. The lowest BCUT2D eigenvalue weighted by Crippen LogP contribution is -2.26. The molecule has 1 N–H and O–H groups in total. The lowest BCUT2D eigenvalue weighted by Gasteiger charge is -2.19. The van der Waals surface area contributed by atoms with Crippen LogP contribution in [0.2, 0.25) is 0 Å². The third-order valence-electron chi connectivity index (χ3n) is 4.47. The van der Waals surface area contributed by atoms with Crippen LogP contribution in [-0.4, -0.2) is 11.9 Å². The molecule has 0 fully saturated rings. The Morgan fingerprint density at radius 1 is 0.821 bits per heavy atom. The number of nitrogens with one attached hydrogen (secondary N) is 1. The fourth-order valence-corrected chi connectivity index (χ4v) is 2.92. The SMILES string of the molecule is Cc1cccc(C(=O)O[C@@H](C(=O)Nc2cc(C)ccc2C)c2ccccc2)c1. The molecule has 3 aromatic rings. The molecule has 142 valence electrons. The maximum absolute atomic E-state index is 13.0. The van der Waals surface area contributed by atoms with Crippen molar-refractivity contribution in [1.82, 2.24) is 0 Å². The summed E-state index contributed by atoms with van der Waals surface area (Å²) in [6, 6.07) is 22.0. The third kappa shape index (κ3) is 4.65. The van der Waals surface area contributed by atoms with Crippen LogP contribution in [0.5, 0.6) is 0 Å². The first-order chi connectivity index (χ1) is 13.4. The number of rotatable bonds is 5. The average molecular weight is 373 g/mol. The molecule has 0 saturated carbocycles. The van der Waals surface area contributed by atoms with E-state index in [1.165, 1.54) is 0 Å². The van der Waals surface area contributed by atoms with Gasteiger partial charge in [-0.15, -0.1) is 0 Å². The van der Waals surface area contributed by atoms with Crippen molar-refractivity contribution < 1.29 is 14.3 Å². The highest BCUT2D eigenvalue weighted by atomic mass is 16.5. The number of benzene rings is 3. The number of aryl methyl sites for hydroxylation is 3. The molecule has 0 aliphatic heterocycles. The van der Waals surface area contributed by atoms with E-state index < -0.39 is 12.1 Å². The van der Waals surface area contributed by atoms with Crippen molar-refractivity contribution in [3.8, 4) is 0 Å². The Balaban J connectivity index is 1.88. The zero-order valence-electron chi connectivity index (χ0n) is 16.2. The van der Waals surface area contributed by atoms with E-state index in [1.54, 1.807) is 30.3 Å². The average Bonchev–Trinajstić information content (AvgIpc) is 2.69. The number of carbonyl (C=O) groups is 2. The number of hydrogen-bond acceptors (Lipinski definition) is 3. The summed E-state index contributed by atoms with van der Waals surface area (Å²) in [6.45, 7) is 5.78. The second-order valence-electron chi connectivity index (χ2n) is 6.87. The van der Waals surface area contributed by atoms with Crippen molar-refractivity contribution in [2.75, 3.05) is 5.32 Å². The number of ether oxygens (including phenoxy) is 1. The van der Waals surface area contributed by atoms with Gasteiger partial charge in [-0.1, -0.05) is 60.2 Å². The first-order valence-corrected chi connectivity index (χ1v) is 9.15. The summed E-state index contributed by atoms with van der Waals surface area (Å²) in [5.41, 5.74) is 4.67. The molecule has 0 aromatic heterocycles. The molecule has 0 saturated heterocycles. The summed E-state index contributed by atoms with van der Waals surface area (Å²) in [5, 5.41) is 2.90. The van der Waals surface area contributed by atoms with E-state index in [9.17, 15) is 9.59 Å². The van der Waals surface area contributed by atoms with Crippen LogP contribution in [0.4, 0.5) is 5.69 Å². The van der Waals surface area contributed by atoms with Gasteiger partial charge in [0.15, 0.2) is 0 Å². The molecule has 0 unspecified atom stereocenters. The minimum absolute atomic E-state index is 0.388. The Kier molecular flexibility index (Phi) is 5.90. The number of anilines is 1. The molecule has 3 aromatic carbocycles. The minimum atomic E-state index is -1.05. The van der Waals surface area contributed by atoms with Gasteiger partial charge in [-0.25, -0.2) is 4.79 Å². The standard InChI is InChI=1S/C24H23NO3/c1-16-8-7-11-20(14-16)24(27)28-22(19-9-5-4-6-10-19)23(26)25-21-15-17(2)12-13-18(21)3/h4-15,22H,1-3H3,(H,25,26)/t22-/m1/s1. The van der Waals surface area contributed by atoms with E-state index >= 15 is 0 Å². The van der Waals surface area contributed by atoms with E-state index in [-0.39, 0.29) is 5.91 Å². The molecule has 1 amide bonds. The molecule has 0 radical (unpaired) electrons. The first kappa shape index (κ1) is 19.4. The Morgan fingerprint density at radius 3 is 2.25 bits per heavy atom. The Hall–Kier alpha value is -3.40. The second kappa shape index (κ2) is 8.53. The van der Waals surface area contributed by atoms with Crippen LogP contribution in [0.3, 0.4) is 0 Å². The number of hydrogen-bond donors (Lipinski definition) is 1. The number of carbonyl (C=O) groups excluding carboxylic acids is 2. The summed E-state index contributed by atoms with van der Waals surface area (Å²) in [5.74, 6) is -0.922. The van der Waals surface area contributed by atoms with E-state index in [0.29, 0.717) is 16.8 Å². The third-order valence-corrected chi connectivity index (χ3v) is 4.47. The van der Waals surface area contributed by atoms with E-state index in [1.807, 2.05) is 63.2 Å². The summed E-state index contributed by atoms with van der Waals surface area (Å²) in [6.07, 6.45) is -1.05. The molecule has 1 atom stereocenters. The smallest absolute Gasteiger partial charge is 0.339 e. The molecule has 0 aliphatic rings. The highest BCUT2D eigenvalue weighted by Crippen LogP contribution is 2.24. The Bertz CT molecular complexity index is 996. The van der Waals surface area contributed by atoms with Crippen LogP contribution >= 0.6 is 0 Å². The van der Waals surface area contributed by atoms with Crippen molar-refractivity contribution in [2.24, 2.45) is 0 Å². The summed E-state index contributed by atoms with van der Waals surface area (Å²) in [7, 11) is 0. The molecule has 0 spiro atoms.